The molecule has 0 amide bonds. The van der Waals surface area contributed by atoms with Gasteiger partial charge in [0.2, 0.25) is 17.8 Å². The molecule has 0 bridgehead atoms. The van der Waals surface area contributed by atoms with E-state index in [2.05, 4.69) is 30.9 Å². The Morgan fingerprint density at radius 2 is 0.744 bits per heavy atom. The molecular weight excluding hydrogens is 504 g/mol. The maximum absolute atomic E-state index is 11.9. The SMILES string of the molecule is CC(C)(C)OC(=O)CCCNc1nc(NCCCC(=O)OC(C)(C)C)nc(NCCCC(=O)OC(C)(C)C)n1. The second kappa shape index (κ2) is 15.4. The third-order valence-electron chi connectivity index (χ3n) is 4.42. The average molecular weight is 553 g/mol. The van der Waals surface area contributed by atoms with E-state index >= 15 is 0 Å². The summed E-state index contributed by atoms with van der Waals surface area (Å²) in [5.74, 6) is 0.203. The van der Waals surface area contributed by atoms with Crippen molar-refractivity contribution < 1.29 is 28.6 Å². The Morgan fingerprint density at radius 3 is 0.949 bits per heavy atom. The molecule has 0 saturated carbocycles. The van der Waals surface area contributed by atoms with Crippen LogP contribution in [0, 0.1) is 0 Å². The zero-order valence-corrected chi connectivity index (χ0v) is 25.2. The molecule has 0 aromatic carbocycles. The van der Waals surface area contributed by atoms with Crippen LogP contribution >= 0.6 is 0 Å². The highest BCUT2D eigenvalue weighted by molar-refractivity contribution is 5.70. The summed E-state index contributed by atoms with van der Waals surface area (Å²) in [4.78, 5) is 49.0. The fourth-order valence-electron chi connectivity index (χ4n) is 3.09. The number of anilines is 3. The quantitative estimate of drug-likeness (QED) is 0.160. The molecule has 0 aliphatic heterocycles. The first-order chi connectivity index (χ1) is 17.9. The molecule has 0 spiro atoms. The summed E-state index contributed by atoms with van der Waals surface area (Å²) < 4.78 is 16.0. The molecule has 0 saturated heterocycles. The fourth-order valence-corrected chi connectivity index (χ4v) is 3.09. The molecule has 39 heavy (non-hydrogen) atoms. The van der Waals surface area contributed by atoms with E-state index in [4.69, 9.17) is 14.2 Å². The molecular formula is C27H48N6O6. The van der Waals surface area contributed by atoms with Crippen molar-refractivity contribution in [1.29, 1.82) is 0 Å². The van der Waals surface area contributed by atoms with Crippen molar-refractivity contribution in [3.05, 3.63) is 0 Å². The van der Waals surface area contributed by atoms with Gasteiger partial charge in [-0.2, -0.15) is 15.0 Å². The van der Waals surface area contributed by atoms with Crippen molar-refractivity contribution in [3.8, 4) is 0 Å². The van der Waals surface area contributed by atoms with Crippen LogP contribution in [-0.2, 0) is 28.6 Å². The molecule has 0 atom stereocenters. The van der Waals surface area contributed by atoms with Gasteiger partial charge in [0.25, 0.3) is 0 Å². The van der Waals surface area contributed by atoms with Crippen LogP contribution < -0.4 is 16.0 Å². The lowest BCUT2D eigenvalue weighted by Gasteiger charge is -2.19. The van der Waals surface area contributed by atoms with Crippen molar-refractivity contribution in [1.82, 2.24) is 15.0 Å². The third kappa shape index (κ3) is 18.7. The Bertz CT molecular complexity index is 803. The first-order valence-corrected chi connectivity index (χ1v) is 13.6. The Labute approximate surface area is 232 Å². The van der Waals surface area contributed by atoms with Gasteiger partial charge in [-0.05, 0) is 81.6 Å². The molecule has 0 aliphatic rings. The molecule has 1 rings (SSSR count). The second-order valence-electron chi connectivity index (χ2n) is 12.2. The number of rotatable bonds is 15. The van der Waals surface area contributed by atoms with E-state index in [1.807, 2.05) is 62.3 Å². The molecule has 1 heterocycles. The molecule has 12 nitrogen and oxygen atoms in total. The number of hydrogen-bond acceptors (Lipinski definition) is 12. The minimum absolute atomic E-state index is 0.264. The Hall–Kier alpha value is -3.18. The lowest BCUT2D eigenvalue weighted by molar-refractivity contribution is -0.156. The summed E-state index contributed by atoms with van der Waals surface area (Å²) in [6.45, 7) is 17.9. The summed E-state index contributed by atoms with van der Waals surface area (Å²) >= 11 is 0. The summed E-state index contributed by atoms with van der Waals surface area (Å²) in [7, 11) is 0. The molecule has 12 heteroatoms. The Balaban J connectivity index is 2.68. The van der Waals surface area contributed by atoms with Crippen molar-refractivity contribution >= 4 is 35.8 Å². The minimum Gasteiger partial charge on any atom is -0.460 e. The maximum atomic E-state index is 11.9. The number of carbonyl (C=O) groups is 3. The number of ether oxygens (including phenoxy) is 3. The van der Waals surface area contributed by atoms with E-state index in [0.29, 0.717) is 56.7 Å². The largest absolute Gasteiger partial charge is 0.460 e. The van der Waals surface area contributed by atoms with Crippen LogP contribution in [0.3, 0.4) is 0 Å². The number of aromatic nitrogens is 3. The summed E-state index contributed by atoms with van der Waals surface area (Å²) in [6.07, 6.45) is 2.41. The lowest BCUT2D eigenvalue weighted by atomic mass is 10.2. The zero-order chi connectivity index (χ0) is 29.7. The van der Waals surface area contributed by atoms with Crippen LogP contribution in [0.15, 0.2) is 0 Å². The van der Waals surface area contributed by atoms with Gasteiger partial charge in [-0.1, -0.05) is 0 Å². The van der Waals surface area contributed by atoms with Crippen molar-refractivity contribution in [3.63, 3.8) is 0 Å². The second-order valence-corrected chi connectivity index (χ2v) is 12.2. The predicted molar refractivity (Wildman–Crippen MR) is 151 cm³/mol. The predicted octanol–water partition coefficient (Wildman–Crippen LogP) is 4.47. The van der Waals surface area contributed by atoms with Gasteiger partial charge >= 0.3 is 17.9 Å². The smallest absolute Gasteiger partial charge is 0.306 e. The Kier molecular flexibility index (Phi) is 13.4. The van der Waals surface area contributed by atoms with Crippen LogP contribution in [0.25, 0.3) is 0 Å². The zero-order valence-electron chi connectivity index (χ0n) is 25.2. The van der Waals surface area contributed by atoms with Crippen molar-refractivity contribution in [2.45, 2.75) is 118 Å². The molecule has 1 aromatic heterocycles. The molecule has 222 valence electrons. The van der Waals surface area contributed by atoms with Gasteiger partial charge in [0.1, 0.15) is 16.8 Å². The van der Waals surface area contributed by atoms with Gasteiger partial charge < -0.3 is 30.2 Å². The van der Waals surface area contributed by atoms with E-state index in [1.165, 1.54) is 0 Å². The minimum atomic E-state index is -0.521. The van der Waals surface area contributed by atoms with Gasteiger partial charge in [-0.15, -0.1) is 0 Å². The number of esters is 3. The standard InChI is InChI=1S/C27H48N6O6/c1-25(2,3)37-19(34)13-10-16-28-22-31-23(29-17-11-14-20(35)38-26(4,5)6)33-24(32-22)30-18-12-15-21(36)39-27(7,8)9/h10-18H2,1-9H3,(H3,28,29,30,31,32,33). The van der Waals surface area contributed by atoms with Crippen LogP contribution in [0.2, 0.25) is 0 Å². The van der Waals surface area contributed by atoms with E-state index in [-0.39, 0.29) is 37.2 Å². The van der Waals surface area contributed by atoms with Gasteiger partial charge in [-0.3, -0.25) is 14.4 Å². The first-order valence-electron chi connectivity index (χ1n) is 13.6. The van der Waals surface area contributed by atoms with Crippen LogP contribution in [0.5, 0.6) is 0 Å². The van der Waals surface area contributed by atoms with Crippen molar-refractivity contribution in [2.75, 3.05) is 35.6 Å². The lowest BCUT2D eigenvalue weighted by Crippen LogP contribution is -2.24. The van der Waals surface area contributed by atoms with Crippen LogP contribution in [-0.4, -0.2) is 69.3 Å². The molecule has 0 radical (unpaired) electrons. The average Bonchev–Trinajstić information content (AvgIpc) is 2.74. The number of nitrogens with zero attached hydrogens (tertiary/aromatic N) is 3. The molecule has 3 N–H and O–H groups in total. The highest BCUT2D eigenvalue weighted by atomic mass is 16.6. The van der Waals surface area contributed by atoms with E-state index in [0.717, 1.165) is 0 Å². The fraction of sp³-hybridized carbons (Fsp3) is 0.778. The molecule has 0 aliphatic carbocycles. The summed E-state index contributed by atoms with van der Waals surface area (Å²) in [5.41, 5.74) is -1.56. The van der Waals surface area contributed by atoms with Gasteiger partial charge in [0.15, 0.2) is 0 Å². The molecule has 0 unspecified atom stereocenters. The van der Waals surface area contributed by atoms with Gasteiger partial charge in [0.05, 0.1) is 0 Å². The van der Waals surface area contributed by atoms with E-state index in [9.17, 15) is 14.4 Å². The van der Waals surface area contributed by atoms with Gasteiger partial charge in [0, 0.05) is 38.9 Å². The van der Waals surface area contributed by atoms with Crippen LogP contribution in [0.1, 0.15) is 101 Å². The van der Waals surface area contributed by atoms with Crippen LogP contribution in [0.4, 0.5) is 17.8 Å². The third-order valence-corrected chi connectivity index (χ3v) is 4.42. The molecule has 0 fully saturated rings. The van der Waals surface area contributed by atoms with Crippen molar-refractivity contribution in [2.24, 2.45) is 0 Å². The normalized spacial score (nSPS) is 11.9. The highest BCUT2D eigenvalue weighted by Gasteiger charge is 2.18. The topological polar surface area (TPSA) is 154 Å². The summed E-state index contributed by atoms with van der Waals surface area (Å²) in [6, 6.07) is 0. The maximum Gasteiger partial charge on any atom is 0.306 e. The summed E-state index contributed by atoms with van der Waals surface area (Å²) in [5, 5.41) is 9.34. The highest BCUT2D eigenvalue weighted by Crippen LogP contribution is 2.14. The first kappa shape index (κ1) is 33.8. The monoisotopic (exact) mass is 552 g/mol. The van der Waals surface area contributed by atoms with E-state index in [1.54, 1.807) is 0 Å². The Morgan fingerprint density at radius 1 is 0.513 bits per heavy atom. The number of carbonyl (C=O) groups excluding carboxylic acids is 3. The molecule has 1 aromatic rings. The number of nitrogens with one attached hydrogen (secondary N) is 3. The van der Waals surface area contributed by atoms with E-state index < -0.39 is 16.8 Å². The van der Waals surface area contributed by atoms with Gasteiger partial charge in [-0.25, -0.2) is 0 Å². The number of hydrogen-bond donors (Lipinski definition) is 3.